The van der Waals surface area contributed by atoms with E-state index >= 15 is 0 Å². The number of thioether (sulfide) groups is 3. The van der Waals surface area contributed by atoms with Gasteiger partial charge in [0.2, 0.25) is 0 Å². The van der Waals surface area contributed by atoms with Crippen LogP contribution in [0.25, 0.3) is 0 Å². The third kappa shape index (κ3) is 4.40. The molecule has 1 fully saturated rings. The number of ether oxygens (including phenoxy) is 1. The van der Waals surface area contributed by atoms with Crippen molar-refractivity contribution in [1.82, 2.24) is 0 Å². The van der Waals surface area contributed by atoms with Crippen molar-refractivity contribution < 1.29 is 4.74 Å². The molecule has 0 aromatic heterocycles. The van der Waals surface area contributed by atoms with Crippen LogP contribution in [0.3, 0.4) is 0 Å². The van der Waals surface area contributed by atoms with Crippen LogP contribution in [-0.4, -0.2) is 17.8 Å². The summed E-state index contributed by atoms with van der Waals surface area (Å²) in [5, 5.41) is 0. The van der Waals surface area contributed by atoms with Gasteiger partial charge in [-0.1, -0.05) is 24.3 Å². The Kier molecular flexibility index (Phi) is 6.04. The molecule has 22 heavy (non-hydrogen) atoms. The van der Waals surface area contributed by atoms with Crippen LogP contribution in [0.15, 0.2) is 53.4 Å². The molecule has 4 heteroatoms. The minimum absolute atomic E-state index is 0.598. The molecule has 2 aromatic rings. The van der Waals surface area contributed by atoms with Gasteiger partial charge in [0, 0.05) is 4.90 Å². The van der Waals surface area contributed by atoms with Crippen molar-refractivity contribution >= 4 is 35.3 Å². The Balaban J connectivity index is 1.58. The van der Waals surface area contributed by atoms with E-state index in [1.54, 1.807) is 11.8 Å². The lowest BCUT2D eigenvalue weighted by molar-refractivity contribution is 0.306. The number of hydrogen-bond donors (Lipinski definition) is 0. The first-order valence-electron chi connectivity index (χ1n) is 7.44. The van der Waals surface area contributed by atoms with E-state index in [1.807, 2.05) is 0 Å². The van der Waals surface area contributed by atoms with Gasteiger partial charge in [0.25, 0.3) is 0 Å². The molecule has 0 radical (unpaired) electrons. The Morgan fingerprint density at radius 3 is 2.59 bits per heavy atom. The molecule has 0 N–H and O–H groups in total. The molecule has 1 nitrogen and oxygen atoms in total. The fourth-order valence-corrected chi connectivity index (χ4v) is 5.71. The van der Waals surface area contributed by atoms with Crippen LogP contribution in [0.2, 0.25) is 0 Å². The highest BCUT2D eigenvalue weighted by molar-refractivity contribution is 8.16. The predicted octanol–water partition coefficient (Wildman–Crippen LogP) is 5.86. The minimum Gasteiger partial charge on any atom is -0.489 e. The molecule has 3 rings (SSSR count). The highest BCUT2D eigenvalue weighted by Crippen LogP contribution is 2.43. The lowest BCUT2D eigenvalue weighted by atomic mass is 10.2. The highest BCUT2D eigenvalue weighted by Gasteiger charge is 2.16. The quantitative estimate of drug-likeness (QED) is 0.626. The maximum atomic E-state index is 5.91. The summed E-state index contributed by atoms with van der Waals surface area (Å²) < 4.78 is 6.51. The fraction of sp³-hybridized carbons (Fsp3) is 0.333. The fourth-order valence-electron chi connectivity index (χ4n) is 2.33. The zero-order valence-electron chi connectivity index (χ0n) is 12.7. The third-order valence-corrected chi connectivity index (χ3v) is 7.26. The Hall–Kier alpha value is -0.710. The maximum absolute atomic E-state index is 5.91. The van der Waals surface area contributed by atoms with E-state index in [2.05, 4.69) is 78.3 Å². The lowest BCUT2D eigenvalue weighted by Gasteiger charge is -2.21. The van der Waals surface area contributed by atoms with E-state index in [0.717, 1.165) is 5.75 Å². The molecule has 1 aliphatic heterocycles. The number of hydrogen-bond acceptors (Lipinski definition) is 4. The second kappa shape index (κ2) is 8.23. The molecule has 1 aliphatic rings. The van der Waals surface area contributed by atoms with Crippen molar-refractivity contribution in [2.75, 3.05) is 17.8 Å². The molecular formula is C18H20OS3. The Labute approximate surface area is 145 Å². The van der Waals surface area contributed by atoms with Crippen LogP contribution in [0.4, 0.5) is 0 Å². The van der Waals surface area contributed by atoms with Crippen molar-refractivity contribution in [3.8, 4) is 5.75 Å². The first kappa shape index (κ1) is 16.2. The first-order chi connectivity index (χ1) is 10.8. The SMILES string of the molecule is CSc1cccc(COc2ccc(C3SCCCS3)cc2)c1. The predicted molar refractivity (Wildman–Crippen MR) is 101 cm³/mol. The number of rotatable bonds is 5. The van der Waals surface area contributed by atoms with Crippen LogP contribution in [0, 0.1) is 0 Å². The molecule has 0 spiro atoms. The average molecular weight is 349 g/mol. The molecule has 1 heterocycles. The van der Waals surface area contributed by atoms with Crippen molar-refractivity contribution in [2.45, 2.75) is 22.5 Å². The van der Waals surface area contributed by atoms with Gasteiger partial charge in [-0.3, -0.25) is 0 Å². The molecule has 0 saturated carbocycles. The summed E-state index contributed by atoms with van der Waals surface area (Å²) in [6.45, 7) is 0.626. The van der Waals surface area contributed by atoms with Crippen molar-refractivity contribution in [2.24, 2.45) is 0 Å². The second-order valence-corrected chi connectivity index (χ2v) is 8.74. The van der Waals surface area contributed by atoms with Gasteiger partial charge in [-0.05, 0) is 59.6 Å². The summed E-state index contributed by atoms with van der Waals surface area (Å²) in [6, 6.07) is 17.1. The lowest BCUT2D eigenvalue weighted by Crippen LogP contribution is -2.00. The van der Waals surface area contributed by atoms with Gasteiger partial charge in [0.05, 0.1) is 4.58 Å². The molecular weight excluding hydrogens is 328 g/mol. The monoisotopic (exact) mass is 348 g/mol. The van der Waals surface area contributed by atoms with Crippen molar-refractivity contribution in [3.63, 3.8) is 0 Å². The van der Waals surface area contributed by atoms with Gasteiger partial charge in [0.15, 0.2) is 0 Å². The summed E-state index contributed by atoms with van der Waals surface area (Å²) in [7, 11) is 0. The molecule has 1 saturated heterocycles. The molecule has 0 atom stereocenters. The van der Waals surface area contributed by atoms with Gasteiger partial charge in [0.1, 0.15) is 12.4 Å². The third-order valence-electron chi connectivity index (χ3n) is 3.52. The highest BCUT2D eigenvalue weighted by atomic mass is 32.2. The molecule has 2 aromatic carbocycles. The Bertz CT molecular complexity index is 592. The molecule has 0 unspecified atom stereocenters. The van der Waals surface area contributed by atoms with Gasteiger partial charge in [-0.2, -0.15) is 0 Å². The first-order valence-corrected chi connectivity index (χ1v) is 10.8. The van der Waals surface area contributed by atoms with Crippen LogP contribution in [-0.2, 0) is 6.61 Å². The van der Waals surface area contributed by atoms with Crippen LogP contribution in [0.1, 0.15) is 22.1 Å². The molecule has 0 aliphatic carbocycles. The topological polar surface area (TPSA) is 9.23 Å². The van der Waals surface area contributed by atoms with E-state index in [1.165, 1.54) is 33.9 Å². The van der Waals surface area contributed by atoms with E-state index in [0.29, 0.717) is 11.2 Å². The zero-order valence-corrected chi connectivity index (χ0v) is 15.1. The normalized spacial score (nSPS) is 15.7. The summed E-state index contributed by atoms with van der Waals surface area (Å²) in [6.07, 6.45) is 3.43. The van der Waals surface area contributed by atoms with Gasteiger partial charge < -0.3 is 4.74 Å². The minimum atomic E-state index is 0.598. The van der Waals surface area contributed by atoms with Gasteiger partial charge >= 0.3 is 0 Å². The Morgan fingerprint density at radius 2 is 1.86 bits per heavy atom. The summed E-state index contributed by atoms with van der Waals surface area (Å²) in [5.41, 5.74) is 2.63. The molecule has 0 bridgehead atoms. The summed E-state index contributed by atoms with van der Waals surface area (Å²) in [5.74, 6) is 3.51. The average Bonchev–Trinajstić information content (AvgIpc) is 2.61. The van der Waals surface area contributed by atoms with Crippen LogP contribution < -0.4 is 4.74 Å². The van der Waals surface area contributed by atoms with E-state index in [9.17, 15) is 0 Å². The zero-order chi connectivity index (χ0) is 15.2. The van der Waals surface area contributed by atoms with Gasteiger partial charge in [-0.25, -0.2) is 0 Å². The van der Waals surface area contributed by atoms with E-state index < -0.39 is 0 Å². The van der Waals surface area contributed by atoms with E-state index in [4.69, 9.17) is 4.74 Å². The summed E-state index contributed by atoms with van der Waals surface area (Å²) >= 11 is 5.87. The van der Waals surface area contributed by atoms with Crippen LogP contribution >= 0.6 is 35.3 Å². The molecule has 0 amide bonds. The number of benzene rings is 2. The largest absolute Gasteiger partial charge is 0.489 e. The summed E-state index contributed by atoms with van der Waals surface area (Å²) in [4.78, 5) is 1.28. The maximum Gasteiger partial charge on any atom is 0.119 e. The smallest absolute Gasteiger partial charge is 0.119 e. The van der Waals surface area contributed by atoms with Crippen molar-refractivity contribution in [3.05, 3.63) is 59.7 Å². The second-order valence-electron chi connectivity index (χ2n) is 5.14. The van der Waals surface area contributed by atoms with Crippen molar-refractivity contribution in [1.29, 1.82) is 0 Å². The van der Waals surface area contributed by atoms with E-state index in [-0.39, 0.29) is 0 Å². The van der Waals surface area contributed by atoms with Gasteiger partial charge in [-0.15, -0.1) is 35.3 Å². The molecule has 116 valence electrons. The van der Waals surface area contributed by atoms with Crippen LogP contribution in [0.5, 0.6) is 5.75 Å². The Morgan fingerprint density at radius 1 is 1.09 bits per heavy atom. The standard InChI is InChI=1S/C18H20OS3/c1-20-17-5-2-4-14(12-17)13-19-16-8-6-15(7-9-16)18-21-10-3-11-22-18/h2,4-9,12,18H,3,10-11,13H2,1H3.